The normalized spacial score (nSPS) is 10.4. The number of hydrogen-bond acceptors (Lipinski definition) is 3. The van der Waals surface area contributed by atoms with Crippen molar-refractivity contribution < 1.29 is 4.74 Å². The molecule has 2 N–H and O–H groups in total. The Hall–Kier alpha value is -1.55. The third kappa shape index (κ3) is 2.64. The summed E-state index contributed by atoms with van der Waals surface area (Å²) in [5.41, 5.74) is 9.73. The Balaban J connectivity index is 2.31. The second kappa shape index (κ2) is 4.98. The van der Waals surface area contributed by atoms with Crippen molar-refractivity contribution in [3.63, 3.8) is 0 Å². The molecule has 0 aliphatic heterocycles. The summed E-state index contributed by atoms with van der Waals surface area (Å²) in [6.45, 7) is 5.97. The van der Waals surface area contributed by atoms with Gasteiger partial charge < -0.3 is 10.5 Å². The van der Waals surface area contributed by atoms with Crippen molar-refractivity contribution in [3.05, 3.63) is 45.6 Å². The average Bonchev–Trinajstić information content (AvgIpc) is 2.31. The van der Waals surface area contributed by atoms with E-state index in [1.165, 1.54) is 0 Å². The van der Waals surface area contributed by atoms with Crippen molar-refractivity contribution in [2.24, 2.45) is 0 Å². The highest BCUT2D eigenvalue weighted by molar-refractivity contribution is 9.10. The zero-order valence-electron chi connectivity index (χ0n) is 10.6. The molecule has 1 heterocycles. The molecular formula is C14H15BrN2O. The highest BCUT2D eigenvalue weighted by Crippen LogP contribution is 2.29. The Morgan fingerprint density at radius 2 is 1.67 bits per heavy atom. The number of pyridine rings is 1. The molecule has 0 amide bonds. The number of nitrogen functional groups attached to an aromatic ring is 1. The average molecular weight is 307 g/mol. The predicted molar refractivity (Wildman–Crippen MR) is 77.1 cm³/mol. The minimum absolute atomic E-state index is 0.513. The first-order chi connectivity index (χ1) is 8.47. The smallest absolute Gasteiger partial charge is 0.221 e. The molecule has 1 aromatic heterocycles. The van der Waals surface area contributed by atoms with Crippen LogP contribution in [0, 0.1) is 20.8 Å². The van der Waals surface area contributed by atoms with Crippen molar-refractivity contribution in [2.45, 2.75) is 20.8 Å². The summed E-state index contributed by atoms with van der Waals surface area (Å²) < 4.78 is 6.82. The lowest BCUT2D eigenvalue weighted by Crippen LogP contribution is -1.95. The van der Waals surface area contributed by atoms with Crippen LogP contribution in [0.15, 0.2) is 28.9 Å². The van der Waals surface area contributed by atoms with Crippen LogP contribution in [0.3, 0.4) is 0 Å². The summed E-state index contributed by atoms with van der Waals surface area (Å²) in [4.78, 5) is 4.20. The van der Waals surface area contributed by atoms with E-state index in [2.05, 4.69) is 20.9 Å². The van der Waals surface area contributed by atoms with Gasteiger partial charge in [0.25, 0.3) is 0 Å². The van der Waals surface area contributed by atoms with Gasteiger partial charge in [0, 0.05) is 22.4 Å². The SMILES string of the molecule is Cc1cnc(Oc2cc(C)c(Br)c(C)c2)cc1N. The Morgan fingerprint density at radius 3 is 2.22 bits per heavy atom. The number of anilines is 1. The summed E-state index contributed by atoms with van der Waals surface area (Å²) in [6.07, 6.45) is 1.71. The number of aromatic nitrogens is 1. The number of hydrogen-bond donors (Lipinski definition) is 1. The number of nitrogens with zero attached hydrogens (tertiary/aromatic N) is 1. The van der Waals surface area contributed by atoms with Crippen LogP contribution in [0.25, 0.3) is 0 Å². The largest absolute Gasteiger partial charge is 0.439 e. The van der Waals surface area contributed by atoms with E-state index in [4.69, 9.17) is 10.5 Å². The third-order valence-corrected chi connectivity index (χ3v) is 4.00. The summed E-state index contributed by atoms with van der Waals surface area (Å²) in [6, 6.07) is 5.67. The molecule has 0 radical (unpaired) electrons. The van der Waals surface area contributed by atoms with Crippen LogP contribution in [0.5, 0.6) is 11.6 Å². The monoisotopic (exact) mass is 306 g/mol. The van der Waals surface area contributed by atoms with Crippen molar-refractivity contribution in [1.82, 2.24) is 4.98 Å². The molecule has 0 saturated carbocycles. The van der Waals surface area contributed by atoms with E-state index >= 15 is 0 Å². The minimum Gasteiger partial charge on any atom is -0.439 e. The fraction of sp³-hybridized carbons (Fsp3) is 0.214. The van der Waals surface area contributed by atoms with E-state index in [1.54, 1.807) is 12.3 Å². The van der Waals surface area contributed by atoms with Gasteiger partial charge in [-0.1, -0.05) is 15.9 Å². The molecule has 3 nitrogen and oxygen atoms in total. The quantitative estimate of drug-likeness (QED) is 0.907. The second-order valence-electron chi connectivity index (χ2n) is 4.35. The molecule has 4 heteroatoms. The number of nitrogens with two attached hydrogens (primary N) is 1. The van der Waals surface area contributed by atoms with Crippen LogP contribution in [0.1, 0.15) is 16.7 Å². The fourth-order valence-corrected chi connectivity index (χ4v) is 1.89. The Bertz CT molecular complexity index is 573. The number of halogens is 1. The first kappa shape index (κ1) is 12.9. The number of aryl methyl sites for hydroxylation is 3. The number of ether oxygens (including phenoxy) is 1. The van der Waals surface area contributed by atoms with Gasteiger partial charge in [-0.05, 0) is 49.6 Å². The molecule has 1 aromatic carbocycles. The molecule has 94 valence electrons. The highest BCUT2D eigenvalue weighted by Gasteiger charge is 2.06. The van der Waals surface area contributed by atoms with Gasteiger partial charge in [-0.2, -0.15) is 0 Å². The Morgan fingerprint density at radius 1 is 1.06 bits per heavy atom. The van der Waals surface area contributed by atoms with Crippen LogP contribution in [0.2, 0.25) is 0 Å². The van der Waals surface area contributed by atoms with Crippen LogP contribution in [0.4, 0.5) is 5.69 Å². The lowest BCUT2D eigenvalue weighted by Gasteiger charge is -2.10. The van der Waals surface area contributed by atoms with Crippen molar-refractivity contribution in [3.8, 4) is 11.6 Å². The zero-order valence-corrected chi connectivity index (χ0v) is 12.2. The maximum atomic E-state index is 5.83. The highest BCUT2D eigenvalue weighted by atomic mass is 79.9. The molecule has 2 aromatic rings. The van der Waals surface area contributed by atoms with Crippen LogP contribution in [-0.4, -0.2) is 4.98 Å². The van der Waals surface area contributed by atoms with Gasteiger partial charge in [-0.3, -0.25) is 0 Å². The lowest BCUT2D eigenvalue weighted by molar-refractivity contribution is 0.462. The van der Waals surface area contributed by atoms with Crippen LogP contribution >= 0.6 is 15.9 Å². The topological polar surface area (TPSA) is 48.1 Å². The summed E-state index contributed by atoms with van der Waals surface area (Å²) >= 11 is 3.53. The van der Waals surface area contributed by atoms with E-state index in [1.807, 2.05) is 32.9 Å². The first-order valence-electron chi connectivity index (χ1n) is 5.64. The maximum absolute atomic E-state index is 5.83. The van der Waals surface area contributed by atoms with E-state index in [9.17, 15) is 0 Å². The van der Waals surface area contributed by atoms with Gasteiger partial charge in [-0.15, -0.1) is 0 Å². The second-order valence-corrected chi connectivity index (χ2v) is 5.15. The molecule has 18 heavy (non-hydrogen) atoms. The lowest BCUT2D eigenvalue weighted by atomic mass is 10.1. The Labute approximate surface area is 115 Å². The third-order valence-electron chi connectivity index (χ3n) is 2.75. The van der Waals surface area contributed by atoms with Gasteiger partial charge in [0.15, 0.2) is 0 Å². The maximum Gasteiger partial charge on any atom is 0.221 e. The van der Waals surface area contributed by atoms with Gasteiger partial charge >= 0.3 is 0 Å². The molecule has 2 rings (SSSR count). The summed E-state index contributed by atoms with van der Waals surface area (Å²) in [5, 5.41) is 0. The molecule has 0 spiro atoms. The zero-order chi connectivity index (χ0) is 13.3. The van der Waals surface area contributed by atoms with Crippen molar-refractivity contribution >= 4 is 21.6 Å². The Kier molecular flexibility index (Phi) is 3.57. The van der Waals surface area contributed by atoms with E-state index < -0.39 is 0 Å². The molecule has 0 aliphatic rings. The molecular weight excluding hydrogens is 292 g/mol. The number of rotatable bonds is 2. The minimum atomic E-state index is 0.513. The predicted octanol–water partition coefficient (Wildman–Crippen LogP) is 4.14. The first-order valence-corrected chi connectivity index (χ1v) is 6.43. The van der Waals surface area contributed by atoms with Crippen molar-refractivity contribution in [1.29, 1.82) is 0 Å². The summed E-state index contributed by atoms with van der Waals surface area (Å²) in [5.74, 6) is 1.28. The number of benzene rings is 1. The summed E-state index contributed by atoms with van der Waals surface area (Å²) in [7, 11) is 0. The molecule has 0 fully saturated rings. The van der Waals surface area contributed by atoms with Crippen LogP contribution in [-0.2, 0) is 0 Å². The molecule has 0 unspecified atom stereocenters. The van der Waals surface area contributed by atoms with Crippen molar-refractivity contribution in [2.75, 3.05) is 5.73 Å². The van der Waals surface area contributed by atoms with Gasteiger partial charge in [0.1, 0.15) is 5.75 Å². The van der Waals surface area contributed by atoms with Gasteiger partial charge in [-0.25, -0.2) is 4.98 Å². The fourth-order valence-electron chi connectivity index (χ4n) is 1.66. The molecule has 0 aliphatic carbocycles. The van der Waals surface area contributed by atoms with Crippen LogP contribution < -0.4 is 10.5 Å². The molecule has 0 bridgehead atoms. The molecule has 0 saturated heterocycles. The van der Waals surface area contributed by atoms with E-state index in [0.29, 0.717) is 11.6 Å². The van der Waals surface area contributed by atoms with E-state index in [0.717, 1.165) is 26.9 Å². The standard InChI is InChI=1S/C14H15BrN2O/c1-8-4-11(5-9(2)14(8)15)18-13-6-12(16)10(3)7-17-13/h4-7H,1-3H3,(H2,16,17). The van der Waals surface area contributed by atoms with Gasteiger partial charge in [0.05, 0.1) is 0 Å². The van der Waals surface area contributed by atoms with E-state index in [-0.39, 0.29) is 0 Å². The molecule has 0 atom stereocenters. The van der Waals surface area contributed by atoms with Gasteiger partial charge in [0.2, 0.25) is 5.88 Å².